The van der Waals surface area contributed by atoms with Gasteiger partial charge in [0.15, 0.2) is 0 Å². The van der Waals surface area contributed by atoms with Gasteiger partial charge in [-0.3, -0.25) is 0 Å². The van der Waals surface area contributed by atoms with Crippen LogP contribution in [0.3, 0.4) is 0 Å². The highest BCUT2D eigenvalue weighted by Crippen LogP contribution is 2.36. The summed E-state index contributed by atoms with van der Waals surface area (Å²) < 4.78 is 0. The second-order valence-corrected chi connectivity index (χ2v) is 4.78. The van der Waals surface area contributed by atoms with E-state index >= 15 is 0 Å². The van der Waals surface area contributed by atoms with Crippen LogP contribution < -0.4 is 0 Å². The van der Waals surface area contributed by atoms with Crippen molar-refractivity contribution in [2.75, 3.05) is 19.6 Å². The Morgan fingerprint density at radius 3 is 2.58 bits per heavy atom. The molecule has 0 aromatic rings. The lowest BCUT2D eigenvalue weighted by atomic mass is 9.73. The molecule has 0 bridgehead atoms. The third kappa shape index (κ3) is 2.01. The van der Waals surface area contributed by atoms with E-state index in [1.54, 1.807) is 0 Å². The highest BCUT2D eigenvalue weighted by atomic mass is 15.1. The van der Waals surface area contributed by atoms with E-state index in [-0.39, 0.29) is 0 Å². The normalized spacial score (nSPS) is 32.8. The van der Waals surface area contributed by atoms with Crippen molar-refractivity contribution < 1.29 is 0 Å². The van der Waals surface area contributed by atoms with E-state index in [2.05, 4.69) is 32.6 Å². The summed E-state index contributed by atoms with van der Waals surface area (Å²) in [5, 5.41) is 0. The minimum Gasteiger partial charge on any atom is -0.303 e. The average Bonchev–Trinajstić information content (AvgIpc) is 2.04. The van der Waals surface area contributed by atoms with Crippen molar-refractivity contribution in [3.8, 4) is 0 Å². The number of hydrogen-bond acceptors (Lipinski definition) is 1. The molecule has 1 aliphatic rings. The van der Waals surface area contributed by atoms with E-state index in [0.29, 0.717) is 5.41 Å². The van der Waals surface area contributed by atoms with Gasteiger partial charge in [0.05, 0.1) is 0 Å². The third-order valence-electron chi connectivity index (χ3n) is 3.65. The fourth-order valence-electron chi connectivity index (χ4n) is 2.12. The van der Waals surface area contributed by atoms with Crippen LogP contribution in [0.4, 0.5) is 0 Å². The van der Waals surface area contributed by atoms with Gasteiger partial charge in [0.2, 0.25) is 0 Å². The van der Waals surface area contributed by atoms with Crippen molar-refractivity contribution in [1.29, 1.82) is 0 Å². The van der Waals surface area contributed by atoms with Crippen LogP contribution >= 0.6 is 0 Å². The van der Waals surface area contributed by atoms with Crippen molar-refractivity contribution in [3.05, 3.63) is 0 Å². The molecule has 1 nitrogen and oxygen atoms in total. The standard InChI is InChI=1S/C11H23N/c1-5-12-8-6-7-11(4,9-12)10(2)3/h10H,5-9H2,1-4H3. The van der Waals surface area contributed by atoms with Crippen LogP contribution in [0.25, 0.3) is 0 Å². The molecule has 0 amide bonds. The lowest BCUT2D eigenvalue weighted by molar-refractivity contribution is 0.0671. The summed E-state index contributed by atoms with van der Waals surface area (Å²) in [6.07, 6.45) is 2.81. The van der Waals surface area contributed by atoms with Crippen molar-refractivity contribution in [1.82, 2.24) is 4.90 Å². The first-order valence-corrected chi connectivity index (χ1v) is 5.31. The molecule has 1 heterocycles. The Kier molecular flexibility index (Phi) is 3.16. The minimum absolute atomic E-state index is 0.578. The van der Waals surface area contributed by atoms with E-state index in [1.165, 1.54) is 32.5 Å². The van der Waals surface area contributed by atoms with Gasteiger partial charge in [0, 0.05) is 6.54 Å². The van der Waals surface area contributed by atoms with Gasteiger partial charge in [-0.15, -0.1) is 0 Å². The monoisotopic (exact) mass is 169 g/mol. The fourth-order valence-corrected chi connectivity index (χ4v) is 2.12. The first kappa shape index (κ1) is 10.0. The Morgan fingerprint density at radius 1 is 1.42 bits per heavy atom. The van der Waals surface area contributed by atoms with E-state index in [4.69, 9.17) is 0 Å². The smallest absolute Gasteiger partial charge is 0.00377 e. The van der Waals surface area contributed by atoms with Gasteiger partial charge in [0.25, 0.3) is 0 Å². The molecule has 0 spiro atoms. The van der Waals surface area contributed by atoms with Gasteiger partial charge >= 0.3 is 0 Å². The van der Waals surface area contributed by atoms with Crippen LogP contribution in [-0.4, -0.2) is 24.5 Å². The van der Waals surface area contributed by atoms with Crippen LogP contribution in [0, 0.1) is 11.3 Å². The van der Waals surface area contributed by atoms with Crippen LogP contribution in [0.15, 0.2) is 0 Å². The molecule has 0 aliphatic carbocycles. The second kappa shape index (κ2) is 3.78. The Hall–Kier alpha value is -0.0400. The Morgan fingerprint density at radius 2 is 2.08 bits per heavy atom. The number of nitrogens with zero attached hydrogens (tertiary/aromatic N) is 1. The zero-order valence-electron chi connectivity index (χ0n) is 9.06. The Balaban J connectivity index is 2.54. The van der Waals surface area contributed by atoms with Gasteiger partial charge in [0.1, 0.15) is 0 Å². The summed E-state index contributed by atoms with van der Waals surface area (Å²) in [6.45, 7) is 13.3. The molecule has 1 heteroatoms. The van der Waals surface area contributed by atoms with Crippen molar-refractivity contribution in [3.63, 3.8) is 0 Å². The quantitative estimate of drug-likeness (QED) is 0.614. The maximum atomic E-state index is 2.59. The molecular formula is C11H23N. The van der Waals surface area contributed by atoms with Gasteiger partial charge in [-0.05, 0) is 37.3 Å². The largest absolute Gasteiger partial charge is 0.303 e. The summed E-state index contributed by atoms with van der Waals surface area (Å²) in [7, 11) is 0. The summed E-state index contributed by atoms with van der Waals surface area (Å²) in [4.78, 5) is 2.59. The first-order chi connectivity index (χ1) is 5.58. The fraction of sp³-hybridized carbons (Fsp3) is 1.00. The lowest BCUT2D eigenvalue weighted by Crippen LogP contribution is -2.44. The van der Waals surface area contributed by atoms with E-state index in [1.807, 2.05) is 0 Å². The molecule has 0 N–H and O–H groups in total. The average molecular weight is 169 g/mol. The van der Waals surface area contributed by atoms with Crippen molar-refractivity contribution in [2.45, 2.75) is 40.5 Å². The van der Waals surface area contributed by atoms with Gasteiger partial charge in [-0.25, -0.2) is 0 Å². The molecule has 1 unspecified atom stereocenters. The number of piperidine rings is 1. The van der Waals surface area contributed by atoms with Gasteiger partial charge in [-0.1, -0.05) is 27.7 Å². The molecule has 1 atom stereocenters. The first-order valence-electron chi connectivity index (χ1n) is 5.31. The molecule has 72 valence electrons. The topological polar surface area (TPSA) is 3.24 Å². The zero-order chi connectivity index (χ0) is 9.19. The number of likely N-dealkylation sites (tertiary alicyclic amines) is 1. The predicted octanol–water partition coefficient (Wildman–Crippen LogP) is 2.76. The molecule has 1 aliphatic heterocycles. The summed E-state index contributed by atoms with van der Waals surface area (Å²) in [5.41, 5.74) is 0.578. The molecule has 0 aromatic carbocycles. The molecular weight excluding hydrogens is 146 g/mol. The predicted molar refractivity (Wildman–Crippen MR) is 54.3 cm³/mol. The maximum Gasteiger partial charge on any atom is 0.00377 e. The van der Waals surface area contributed by atoms with Crippen LogP contribution in [0.1, 0.15) is 40.5 Å². The third-order valence-corrected chi connectivity index (χ3v) is 3.65. The van der Waals surface area contributed by atoms with Gasteiger partial charge < -0.3 is 4.90 Å². The molecule has 0 saturated carbocycles. The maximum absolute atomic E-state index is 2.59. The lowest BCUT2D eigenvalue weighted by Gasteiger charge is -2.43. The van der Waals surface area contributed by atoms with Crippen LogP contribution in [-0.2, 0) is 0 Å². The molecule has 1 rings (SSSR count). The summed E-state index contributed by atoms with van der Waals surface area (Å²) in [5.74, 6) is 0.826. The second-order valence-electron chi connectivity index (χ2n) is 4.78. The van der Waals surface area contributed by atoms with Crippen molar-refractivity contribution in [2.24, 2.45) is 11.3 Å². The molecule has 0 aromatic heterocycles. The minimum atomic E-state index is 0.578. The number of rotatable bonds is 2. The van der Waals surface area contributed by atoms with Crippen molar-refractivity contribution >= 4 is 0 Å². The molecule has 12 heavy (non-hydrogen) atoms. The Labute approximate surface area is 77.1 Å². The number of hydrogen-bond donors (Lipinski definition) is 0. The zero-order valence-corrected chi connectivity index (χ0v) is 9.06. The molecule has 1 fully saturated rings. The SMILES string of the molecule is CCN1CCCC(C)(C(C)C)C1. The van der Waals surface area contributed by atoms with E-state index in [9.17, 15) is 0 Å². The molecule has 1 saturated heterocycles. The highest BCUT2D eigenvalue weighted by molar-refractivity contribution is 4.85. The van der Waals surface area contributed by atoms with E-state index in [0.717, 1.165) is 5.92 Å². The van der Waals surface area contributed by atoms with E-state index < -0.39 is 0 Å². The Bertz CT molecular complexity index is 142. The van der Waals surface area contributed by atoms with Gasteiger partial charge in [-0.2, -0.15) is 0 Å². The van der Waals surface area contributed by atoms with Crippen LogP contribution in [0.5, 0.6) is 0 Å². The summed E-state index contributed by atoms with van der Waals surface area (Å²) in [6, 6.07) is 0. The van der Waals surface area contributed by atoms with Crippen LogP contribution in [0.2, 0.25) is 0 Å². The summed E-state index contributed by atoms with van der Waals surface area (Å²) >= 11 is 0. The highest BCUT2D eigenvalue weighted by Gasteiger charge is 2.32. The molecule has 0 radical (unpaired) electrons.